The third kappa shape index (κ3) is 3.04. The number of carbonyl (C=O) groups excluding carboxylic acids is 1. The first kappa shape index (κ1) is 16.2. The second kappa shape index (κ2) is 6.28. The summed E-state index contributed by atoms with van der Waals surface area (Å²) in [5.74, 6) is -2.47. The quantitative estimate of drug-likeness (QED) is 0.910. The molecule has 0 saturated carbocycles. The van der Waals surface area contributed by atoms with Crippen LogP contribution in [0.3, 0.4) is 0 Å². The number of amides is 1. The minimum atomic E-state index is -1.05. The predicted octanol–water partition coefficient (Wildman–Crippen LogP) is 2.74. The van der Waals surface area contributed by atoms with Crippen molar-refractivity contribution in [3.8, 4) is 0 Å². The van der Waals surface area contributed by atoms with Gasteiger partial charge in [0.1, 0.15) is 0 Å². The molecule has 6 heteroatoms. The van der Waals surface area contributed by atoms with Gasteiger partial charge in [-0.1, -0.05) is 6.07 Å². The molecule has 1 aromatic carbocycles. The zero-order chi connectivity index (χ0) is 14.3. The first-order valence-corrected chi connectivity index (χ1v) is 7.03. The van der Waals surface area contributed by atoms with Gasteiger partial charge in [0.2, 0.25) is 0 Å². The fourth-order valence-electron chi connectivity index (χ4n) is 3.37. The van der Waals surface area contributed by atoms with Crippen molar-refractivity contribution in [3.05, 3.63) is 35.4 Å². The van der Waals surface area contributed by atoms with Gasteiger partial charge in [-0.25, -0.2) is 8.78 Å². The standard InChI is InChI=1S/C15H18F2N2O.ClH/c1-19(11-7-9-5-6-10(8-11)18-9)15(20)12-3-2-4-13(16)14(12)17;/h2-4,9-11,18H,5-8H2,1H3;1H. The van der Waals surface area contributed by atoms with Crippen molar-refractivity contribution in [2.45, 2.75) is 43.8 Å². The Bertz CT molecular complexity index is 528. The van der Waals surface area contributed by atoms with E-state index in [1.165, 1.54) is 12.1 Å². The molecule has 0 aliphatic carbocycles. The van der Waals surface area contributed by atoms with E-state index in [9.17, 15) is 13.6 Å². The predicted molar refractivity (Wildman–Crippen MR) is 78.7 cm³/mol. The summed E-state index contributed by atoms with van der Waals surface area (Å²) in [6.07, 6.45) is 4.04. The second-order valence-electron chi connectivity index (χ2n) is 5.78. The summed E-state index contributed by atoms with van der Waals surface area (Å²) < 4.78 is 26.9. The molecule has 1 N–H and O–H groups in total. The fourth-order valence-corrected chi connectivity index (χ4v) is 3.37. The molecular formula is C15H19ClF2N2O. The highest BCUT2D eigenvalue weighted by atomic mass is 35.5. The van der Waals surface area contributed by atoms with Gasteiger partial charge in [0.05, 0.1) is 5.56 Å². The maximum absolute atomic E-state index is 13.7. The van der Waals surface area contributed by atoms with Crippen LogP contribution in [0, 0.1) is 11.6 Å². The first-order chi connectivity index (χ1) is 9.56. The van der Waals surface area contributed by atoms with Crippen molar-refractivity contribution in [1.82, 2.24) is 10.2 Å². The van der Waals surface area contributed by atoms with Crippen LogP contribution in [0.4, 0.5) is 8.78 Å². The number of hydrogen-bond donors (Lipinski definition) is 1. The van der Waals surface area contributed by atoms with Crippen molar-refractivity contribution < 1.29 is 13.6 Å². The highest BCUT2D eigenvalue weighted by Gasteiger charge is 2.37. The van der Waals surface area contributed by atoms with Crippen LogP contribution in [0.2, 0.25) is 0 Å². The summed E-state index contributed by atoms with van der Waals surface area (Å²) in [6, 6.07) is 4.73. The molecule has 3 rings (SSSR count). The Morgan fingerprint density at radius 2 is 1.86 bits per heavy atom. The molecule has 2 bridgehead atoms. The number of benzene rings is 1. The minimum absolute atomic E-state index is 0. The lowest BCUT2D eigenvalue weighted by atomic mass is 9.98. The monoisotopic (exact) mass is 316 g/mol. The average molecular weight is 317 g/mol. The highest BCUT2D eigenvalue weighted by Crippen LogP contribution is 2.30. The maximum atomic E-state index is 13.7. The Morgan fingerprint density at radius 3 is 2.48 bits per heavy atom. The molecule has 0 radical (unpaired) electrons. The molecule has 21 heavy (non-hydrogen) atoms. The van der Waals surface area contributed by atoms with Crippen LogP contribution in [0.1, 0.15) is 36.0 Å². The number of rotatable bonds is 2. The zero-order valence-corrected chi connectivity index (χ0v) is 12.6. The number of nitrogens with one attached hydrogen (secondary N) is 1. The molecule has 0 aromatic heterocycles. The molecular weight excluding hydrogens is 298 g/mol. The number of halogens is 3. The van der Waals surface area contributed by atoms with Gasteiger partial charge in [-0.15, -0.1) is 12.4 Å². The molecule has 116 valence electrons. The van der Waals surface area contributed by atoms with Gasteiger partial charge in [-0.3, -0.25) is 4.79 Å². The smallest absolute Gasteiger partial charge is 0.256 e. The van der Waals surface area contributed by atoms with Gasteiger partial charge in [0, 0.05) is 25.2 Å². The van der Waals surface area contributed by atoms with E-state index in [4.69, 9.17) is 0 Å². The van der Waals surface area contributed by atoms with Crippen molar-refractivity contribution >= 4 is 18.3 Å². The molecule has 2 aliphatic rings. The fraction of sp³-hybridized carbons (Fsp3) is 0.533. The van der Waals surface area contributed by atoms with Crippen LogP contribution in [-0.2, 0) is 0 Å². The Morgan fingerprint density at radius 1 is 1.24 bits per heavy atom. The summed E-state index contributed by atoms with van der Waals surface area (Å²) in [7, 11) is 1.68. The van der Waals surface area contributed by atoms with Crippen LogP contribution in [0.5, 0.6) is 0 Å². The van der Waals surface area contributed by atoms with E-state index in [-0.39, 0.29) is 24.0 Å². The van der Waals surface area contributed by atoms with E-state index >= 15 is 0 Å². The summed E-state index contributed by atoms with van der Waals surface area (Å²) >= 11 is 0. The Hall–Kier alpha value is -1.20. The topological polar surface area (TPSA) is 32.3 Å². The lowest BCUT2D eigenvalue weighted by Crippen LogP contribution is -2.48. The third-order valence-electron chi connectivity index (χ3n) is 4.50. The SMILES string of the molecule is CN(C(=O)c1cccc(F)c1F)C1CC2CCC(C1)N2.Cl. The molecule has 2 saturated heterocycles. The van der Waals surface area contributed by atoms with Crippen LogP contribution < -0.4 is 5.32 Å². The summed E-state index contributed by atoms with van der Waals surface area (Å²) in [4.78, 5) is 13.9. The molecule has 0 spiro atoms. The minimum Gasteiger partial charge on any atom is -0.339 e. The van der Waals surface area contributed by atoms with Crippen molar-refractivity contribution in [3.63, 3.8) is 0 Å². The van der Waals surface area contributed by atoms with Crippen LogP contribution in [-0.4, -0.2) is 36.0 Å². The van der Waals surface area contributed by atoms with Gasteiger partial charge in [0.15, 0.2) is 11.6 Å². The first-order valence-electron chi connectivity index (χ1n) is 7.03. The lowest BCUT2D eigenvalue weighted by Gasteiger charge is -2.35. The zero-order valence-electron chi connectivity index (χ0n) is 11.8. The summed E-state index contributed by atoms with van der Waals surface area (Å²) in [6.45, 7) is 0. The van der Waals surface area contributed by atoms with Crippen molar-refractivity contribution in [2.24, 2.45) is 0 Å². The van der Waals surface area contributed by atoms with E-state index in [2.05, 4.69) is 5.32 Å². The third-order valence-corrected chi connectivity index (χ3v) is 4.50. The van der Waals surface area contributed by atoms with E-state index in [1.807, 2.05) is 0 Å². The van der Waals surface area contributed by atoms with Crippen LogP contribution in [0.15, 0.2) is 18.2 Å². The summed E-state index contributed by atoms with van der Waals surface area (Å²) in [5.41, 5.74) is -0.182. The molecule has 2 atom stereocenters. The average Bonchev–Trinajstić information content (AvgIpc) is 2.79. The second-order valence-corrected chi connectivity index (χ2v) is 5.78. The van der Waals surface area contributed by atoms with Gasteiger partial charge in [0.25, 0.3) is 5.91 Å². The largest absolute Gasteiger partial charge is 0.339 e. The Balaban J connectivity index is 0.00000161. The Labute approximate surface area is 129 Å². The number of nitrogens with zero attached hydrogens (tertiary/aromatic N) is 1. The van der Waals surface area contributed by atoms with Crippen molar-refractivity contribution in [2.75, 3.05) is 7.05 Å². The molecule has 2 fully saturated rings. The maximum Gasteiger partial charge on any atom is 0.256 e. The van der Waals surface area contributed by atoms with Gasteiger partial charge in [-0.2, -0.15) is 0 Å². The van der Waals surface area contributed by atoms with Crippen molar-refractivity contribution in [1.29, 1.82) is 0 Å². The molecule has 2 aliphatic heterocycles. The van der Waals surface area contributed by atoms with Gasteiger partial charge in [-0.05, 0) is 37.8 Å². The van der Waals surface area contributed by atoms with Crippen LogP contribution in [0.25, 0.3) is 0 Å². The molecule has 3 nitrogen and oxygen atoms in total. The van der Waals surface area contributed by atoms with E-state index in [0.29, 0.717) is 12.1 Å². The van der Waals surface area contributed by atoms with E-state index in [1.54, 1.807) is 11.9 Å². The molecule has 2 heterocycles. The number of carbonyl (C=O) groups is 1. The number of fused-ring (bicyclic) bond motifs is 2. The van der Waals surface area contributed by atoms with Gasteiger partial charge < -0.3 is 10.2 Å². The molecule has 1 amide bonds. The molecule has 1 aromatic rings. The van der Waals surface area contributed by atoms with Crippen LogP contribution >= 0.6 is 12.4 Å². The van der Waals surface area contributed by atoms with E-state index < -0.39 is 17.5 Å². The van der Waals surface area contributed by atoms with E-state index in [0.717, 1.165) is 31.7 Å². The summed E-state index contributed by atoms with van der Waals surface area (Å²) in [5, 5.41) is 3.50. The number of piperidine rings is 1. The van der Waals surface area contributed by atoms with Gasteiger partial charge >= 0.3 is 0 Å². The Kier molecular flexibility index (Phi) is 4.84. The number of hydrogen-bond acceptors (Lipinski definition) is 2. The highest BCUT2D eigenvalue weighted by molar-refractivity contribution is 5.94. The molecule has 2 unspecified atom stereocenters. The normalized spacial score (nSPS) is 27.1. The lowest BCUT2D eigenvalue weighted by molar-refractivity contribution is 0.0676.